The van der Waals surface area contributed by atoms with Crippen LogP contribution in [0.25, 0.3) is 0 Å². The lowest BCUT2D eigenvalue weighted by atomic mass is 10.2. The van der Waals surface area contributed by atoms with E-state index in [1.165, 1.54) is 6.92 Å². The van der Waals surface area contributed by atoms with Crippen LogP contribution in [0.2, 0.25) is 0 Å². The molecule has 0 aromatic carbocycles. The topological polar surface area (TPSA) is 37.3 Å². The molecule has 48 valence electrons. The summed E-state index contributed by atoms with van der Waals surface area (Å²) in [6, 6.07) is 0. The number of hydrogen-bond donors (Lipinski definition) is 1. The monoisotopic (exact) mass is 228 g/mol. The van der Waals surface area contributed by atoms with E-state index in [4.69, 9.17) is 5.11 Å². The van der Waals surface area contributed by atoms with Gasteiger partial charge in [-0.15, -0.1) is 0 Å². The summed E-state index contributed by atoms with van der Waals surface area (Å²) in [7, 11) is 0. The smallest absolute Gasteiger partial charge is 0.132 e. The summed E-state index contributed by atoms with van der Waals surface area (Å²) in [5.41, 5.74) is 0. The maximum atomic E-state index is 10.2. The number of alkyl halides is 1. The van der Waals surface area contributed by atoms with Crippen LogP contribution in [0.5, 0.6) is 0 Å². The third kappa shape index (κ3) is 4.52. The number of Topliss-reactive ketones (excluding diaryl/α,β-unsaturated/α-hetero) is 1. The Kier molecular flexibility index (Phi) is 4.45. The first-order valence-corrected chi connectivity index (χ1v) is 3.93. The van der Waals surface area contributed by atoms with Crippen LogP contribution in [-0.2, 0) is 4.79 Å². The molecule has 0 fully saturated rings. The number of carbonyl (C=O) groups excluding carboxylic acids is 1. The maximum absolute atomic E-state index is 10.2. The Hall–Kier alpha value is 0.360. The van der Waals surface area contributed by atoms with Gasteiger partial charge in [0.15, 0.2) is 0 Å². The van der Waals surface area contributed by atoms with Crippen LogP contribution >= 0.6 is 22.6 Å². The predicted molar refractivity (Wildman–Crippen MR) is 40.2 cm³/mol. The molecule has 0 aliphatic heterocycles. The molecule has 1 atom stereocenters. The van der Waals surface area contributed by atoms with Crippen LogP contribution in [-0.4, -0.2) is 21.4 Å². The highest BCUT2D eigenvalue weighted by molar-refractivity contribution is 14.1. The Morgan fingerprint density at radius 2 is 2.38 bits per heavy atom. The highest BCUT2D eigenvalue weighted by Crippen LogP contribution is 1.96. The average molecular weight is 228 g/mol. The van der Waals surface area contributed by atoms with Crippen molar-refractivity contribution in [1.29, 1.82) is 0 Å². The molecular weight excluding hydrogens is 219 g/mol. The molecule has 0 saturated carbocycles. The average Bonchev–Trinajstić information content (AvgIpc) is 1.65. The lowest BCUT2D eigenvalue weighted by Gasteiger charge is -2.00. The van der Waals surface area contributed by atoms with E-state index in [0.717, 1.165) is 0 Å². The van der Waals surface area contributed by atoms with Crippen molar-refractivity contribution in [3.63, 3.8) is 0 Å². The van der Waals surface area contributed by atoms with Gasteiger partial charge in [-0.1, -0.05) is 22.6 Å². The second-order valence-electron chi connectivity index (χ2n) is 1.71. The minimum atomic E-state index is -0.437. The van der Waals surface area contributed by atoms with Crippen LogP contribution in [0.4, 0.5) is 0 Å². The first-order chi connectivity index (χ1) is 3.66. The number of ketones is 1. The Balaban J connectivity index is 3.24. The molecule has 0 heterocycles. The van der Waals surface area contributed by atoms with E-state index in [9.17, 15) is 4.79 Å². The van der Waals surface area contributed by atoms with Gasteiger partial charge in [0.05, 0.1) is 6.10 Å². The molecule has 0 bridgehead atoms. The van der Waals surface area contributed by atoms with Crippen molar-refractivity contribution >= 4 is 28.4 Å². The van der Waals surface area contributed by atoms with E-state index >= 15 is 0 Å². The highest BCUT2D eigenvalue weighted by atomic mass is 127. The largest absolute Gasteiger partial charge is 0.392 e. The van der Waals surface area contributed by atoms with Gasteiger partial charge in [0.25, 0.3) is 0 Å². The van der Waals surface area contributed by atoms with Crippen LogP contribution in [0.15, 0.2) is 0 Å². The molecule has 0 spiro atoms. The fourth-order valence-corrected chi connectivity index (χ4v) is 0.698. The summed E-state index contributed by atoms with van der Waals surface area (Å²) < 4.78 is 0.636. The summed E-state index contributed by atoms with van der Waals surface area (Å²) in [6.07, 6.45) is -0.142. The van der Waals surface area contributed by atoms with Gasteiger partial charge in [-0.05, 0) is 6.92 Å². The van der Waals surface area contributed by atoms with Gasteiger partial charge in [0.1, 0.15) is 5.78 Å². The first kappa shape index (κ1) is 8.36. The molecule has 3 heteroatoms. The molecule has 0 aromatic heterocycles. The molecular formula is C5H9IO2. The Morgan fingerprint density at radius 1 is 1.88 bits per heavy atom. The normalized spacial score (nSPS) is 13.4. The van der Waals surface area contributed by atoms with E-state index in [0.29, 0.717) is 10.8 Å². The van der Waals surface area contributed by atoms with Gasteiger partial charge in [-0.2, -0.15) is 0 Å². The number of rotatable bonds is 3. The first-order valence-electron chi connectivity index (χ1n) is 2.40. The van der Waals surface area contributed by atoms with Gasteiger partial charge in [0, 0.05) is 10.8 Å². The number of aliphatic hydroxyl groups excluding tert-OH is 1. The number of aliphatic hydroxyl groups is 1. The van der Waals surface area contributed by atoms with Crippen molar-refractivity contribution in [2.75, 3.05) is 4.43 Å². The standard InChI is InChI=1S/C5H9IO2/c1-4(7)2-5(8)3-6/h5,8H,2-3H2,1H3/t5-/m0/s1. The summed E-state index contributed by atoms with van der Waals surface area (Å²) >= 11 is 2.04. The molecule has 0 radical (unpaired) electrons. The molecule has 2 nitrogen and oxygen atoms in total. The van der Waals surface area contributed by atoms with Gasteiger partial charge in [-0.3, -0.25) is 4.79 Å². The summed E-state index contributed by atoms with van der Waals surface area (Å²) in [5.74, 6) is 0.0502. The van der Waals surface area contributed by atoms with E-state index in [1.54, 1.807) is 0 Å². The van der Waals surface area contributed by atoms with Gasteiger partial charge < -0.3 is 5.11 Å². The zero-order chi connectivity index (χ0) is 6.57. The molecule has 8 heavy (non-hydrogen) atoms. The second kappa shape index (κ2) is 4.26. The summed E-state index contributed by atoms with van der Waals surface area (Å²) in [4.78, 5) is 10.2. The lowest BCUT2D eigenvalue weighted by Crippen LogP contribution is -2.11. The van der Waals surface area contributed by atoms with Crippen LogP contribution in [0.3, 0.4) is 0 Å². The minimum Gasteiger partial charge on any atom is -0.392 e. The van der Waals surface area contributed by atoms with E-state index in [1.807, 2.05) is 22.6 Å². The Bertz CT molecular complexity index is 82.5. The number of hydrogen-bond acceptors (Lipinski definition) is 2. The van der Waals surface area contributed by atoms with Crippen molar-refractivity contribution < 1.29 is 9.90 Å². The molecule has 0 aliphatic rings. The van der Waals surface area contributed by atoms with E-state index in [-0.39, 0.29) is 5.78 Å². The van der Waals surface area contributed by atoms with Crippen molar-refractivity contribution in [1.82, 2.24) is 0 Å². The minimum absolute atomic E-state index is 0.0502. The fraction of sp³-hybridized carbons (Fsp3) is 0.800. The van der Waals surface area contributed by atoms with Gasteiger partial charge in [0.2, 0.25) is 0 Å². The molecule has 0 unspecified atom stereocenters. The van der Waals surface area contributed by atoms with Crippen LogP contribution < -0.4 is 0 Å². The molecule has 0 rings (SSSR count). The Labute approximate surface area is 62.4 Å². The molecule has 0 aromatic rings. The lowest BCUT2D eigenvalue weighted by molar-refractivity contribution is -0.118. The maximum Gasteiger partial charge on any atom is 0.132 e. The SMILES string of the molecule is CC(=O)C[C@H](O)CI. The van der Waals surface area contributed by atoms with E-state index in [2.05, 4.69) is 0 Å². The van der Waals surface area contributed by atoms with Gasteiger partial charge in [-0.25, -0.2) is 0 Å². The molecule has 0 aliphatic carbocycles. The number of halogens is 1. The van der Waals surface area contributed by atoms with Crippen molar-refractivity contribution in [2.24, 2.45) is 0 Å². The zero-order valence-electron chi connectivity index (χ0n) is 4.72. The highest BCUT2D eigenvalue weighted by Gasteiger charge is 2.02. The van der Waals surface area contributed by atoms with Crippen molar-refractivity contribution in [3.8, 4) is 0 Å². The predicted octanol–water partition coefficient (Wildman–Crippen LogP) is 0.761. The zero-order valence-corrected chi connectivity index (χ0v) is 6.88. The number of carbonyl (C=O) groups is 1. The van der Waals surface area contributed by atoms with E-state index < -0.39 is 6.10 Å². The fourth-order valence-electron chi connectivity index (χ4n) is 0.386. The molecule has 0 saturated heterocycles. The quantitative estimate of drug-likeness (QED) is 0.572. The van der Waals surface area contributed by atoms with Crippen LogP contribution in [0, 0.1) is 0 Å². The molecule has 1 N–H and O–H groups in total. The second-order valence-corrected chi connectivity index (χ2v) is 2.60. The van der Waals surface area contributed by atoms with Gasteiger partial charge >= 0.3 is 0 Å². The summed E-state index contributed by atoms with van der Waals surface area (Å²) in [6.45, 7) is 1.48. The van der Waals surface area contributed by atoms with Crippen molar-refractivity contribution in [2.45, 2.75) is 19.4 Å². The van der Waals surface area contributed by atoms with Crippen molar-refractivity contribution in [3.05, 3.63) is 0 Å². The molecule has 0 amide bonds. The summed E-state index contributed by atoms with van der Waals surface area (Å²) in [5, 5.41) is 8.80. The third-order valence-corrected chi connectivity index (χ3v) is 1.72. The Morgan fingerprint density at radius 3 is 2.50 bits per heavy atom. The van der Waals surface area contributed by atoms with Crippen LogP contribution in [0.1, 0.15) is 13.3 Å². The third-order valence-electron chi connectivity index (χ3n) is 0.701.